The number of halogens is 3. The highest BCUT2D eigenvalue weighted by Gasteiger charge is 2.02. The van der Waals surface area contributed by atoms with E-state index in [1.807, 2.05) is 0 Å². The van der Waals surface area contributed by atoms with Gasteiger partial charge in [-0.15, -0.1) is 0 Å². The molecular weight excluding hydrogens is 276 g/mol. The summed E-state index contributed by atoms with van der Waals surface area (Å²) in [6.07, 6.45) is 0. The molecule has 2 aromatic carbocycles. The Labute approximate surface area is 114 Å². The largest absolute Gasteiger partial charge is 0.505 e. The molecule has 2 N–H and O–H groups in total. The van der Waals surface area contributed by atoms with Crippen LogP contribution in [0.25, 0.3) is 0 Å². The monoisotopic (exact) mass is 285 g/mol. The second kappa shape index (κ2) is 5.46. The summed E-state index contributed by atoms with van der Waals surface area (Å²) in [4.78, 5) is 0. The van der Waals surface area contributed by atoms with Gasteiger partial charge in [0.25, 0.3) is 0 Å². The van der Waals surface area contributed by atoms with E-state index >= 15 is 0 Å². The summed E-state index contributed by atoms with van der Waals surface area (Å²) < 4.78 is 13.1. The number of hydrogen-bond acceptors (Lipinski definition) is 2. The van der Waals surface area contributed by atoms with Crippen LogP contribution < -0.4 is 5.32 Å². The number of aromatic hydroxyl groups is 1. The number of rotatable bonds is 3. The van der Waals surface area contributed by atoms with Crippen LogP contribution in [0.2, 0.25) is 10.0 Å². The summed E-state index contributed by atoms with van der Waals surface area (Å²) in [5.41, 5.74) is 1.46. The van der Waals surface area contributed by atoms with Crippen molar-refractivity contribution in [2.24, 2.45) is 0 Å². The average molecular weight is 286 g/mol. The van der Waals surface area contributed by atoms with Gasteiger partial charge in [-0.25, -0.2) is 4.39 Å². The molecule has 0 aliphatic carbocycles. The summed E-state index contributed by atoms with van der Waals surface area (Å²) in [6, 6.07) is 9.30. The molecule has 0 aliphatic rings. The molecule has 0 amide bonds. The van der Waals surface area contributed by atoms with E-state index in [4.69, 9.17) is 28.3 Å². The lowest BCUT2D eigenvalue weighted by atomic mass is 10.2. The minimum atomic E-state index is -0.663. The van der Waals surface area contributed by atoms with E-state index < -0.39 is 5.82 Å². The number of benzene rings is 2. The van der Waals surface area contributed by atoms with Gasteiger partial charge in [0, 0.05) is 28.3 Å². The molecule has 2 rings (SSSR count). The van der Waals surface area contributed by atoms with Gasteiger partial charge in [0.1, 0.15) is 0 Å². The van der Waals surface area contributed by atoms with Crippen LogP contribution in [0.4, 0.5) is 10.1 Å². The summed E-state index contributed by atoms with van der Waals surface area (Å²) in [6.45, 7) is 0.463. The maximum atomic E-state index is 13.1. The zero-order chi connectivity index (χ0) is 13.1. The smallest absolute Gasteiger partial charge is 0.166 e. The lowest BCUT2D eigenvalue weighted by Gasteiger charge is -2.08. The highest BCUT2D eigenvalue weighted by Crippen LogP contribution is 2.22. The van der Waals surface area contributed by atoms with Crippen molar-refractivity contribution in [3.63, 3.8) is 0 Å². The fourth-order valence-corrected chi connectivity index (χ4v) is 2.11. The van der Waals surface area contributed by atoms with Crippen molar-refractivity contribution in [2.45, 2.75) is 6.54 Å². The fourth-order valence-electron chi connectivity index (χ4n) is 1.53. The van der Waals surface area contributed by atoms with Crippen molar-refractivity contribution in [3.05, 3.63) is 57.8 Å². The van der Waals surface area contributed by atoms with Crippen LogP contribution in [0, 0.1) is 5.82 Å². The first-order valence-corrected chi connectivity index (χ1v) is 5.97. The van der Waals surface area contributed by atoms with Crippen LogP contribution in [0.15, 0.2) is 36.4 Å². The van der Waals surface area contributed by atoms with E-state index in [-0.39, 0.29) is 5.75 Å². The van der Waals surface area contributed by atoms with Gasteiger partial charge >= 0.3 is 0 Å². The minimum Gasteiger partial charge on any atom is -0.505 e. The lowest BCUT2D eigenvalue weighted by molar-refractivity contribution is 0.432. The Bertz CT molecular complexity index is 555. The van der Waals surface area contributed by atoms with Gasteiger partial charge in [0.2, 0.25) is 0 Å². The molecule has 0 radical (unpaired) electrons. The number of phenols is 1. The van der Waals surface area contributed by atoms with Crippen LogP contribution in [0.3, 0.4) is 0 Å². The van der Waals surface area contributed by atoms with E-state index in [2.05, 4.69) is 5.32 Å². The number of phenolic OH excluding ortho intramolecular Hbond substituents is 1. The van der Waals surface area contributed by atoms with Crippen molar-refractivity contribution in [1.29, 1.82) is 0 Å². The van der Waals surface area contributed by atoms with Gasteiger partial charge in [0.05, 0.1) is 0 Å². The molecule has 0 spiro atoms. The molecule has 0 heterocycles. The molecular formula is C13H10Cl2FNO. The third-order valence-electron chi connectivity index (χ3n) is 2.37. The predicted octanol–water partition coefficient (Wildman–Crippen LogP) is 4.45. The van der Waals surface area contributed by atoms with E-state index in [1.165, 1.54) is 12.1 Å². The quantitative estimate of drug-likeness (QED) is 0.817. The van der Waals surface area contributed by atoms with E-state index in [9.17, 15) is 4.39 Å². The first-order valence-electron chi connectivity index (χ1n) is 5.22. The maximum absolute atomic E-state index is 13.1. The molecule has 94 valence electrons. The van der Waals surface area contributed by atoms with Gasteiger partial charge in [-0.1, -0.05) is 23.2 Å². The van der Waals surface area contributed by atoms with Gasteiger partial charge in [-0.2, -0.15) is 0 Å². The van der Waals surface area contributed by atoms with Gasteiger partial charge < -0.3 is 10.4 Å². The predicted molar refractivity (Wildman–Crippen MR) is 71.9 cm³/mol. The summed E-state index contributed by atoms with van der Waals surface area (Å²) in [5.74, 6) is -1.03. The summed E-state index contributed by atoms with van der Waals surface area (Å²) >= 11 is 11.7. The molecule has 5 heteroatoms. The SMILES string of the molecule is Oc1ccc(NCc2cc(Cl)cc(Cl)c2)cc1F. The first-order chi connectivity index (χ1) is 8.54. The molecule has 2 aromatic rings. The van der Waals surface area contributed by atoms with Gasteiger partial charge in [-0.05, 0) is 35.9 Å². The van der Waals surface area contributed by atoms with Crippen LogP contribution in [-0.4, -0.2) is 5.11 Å². The summed E-state index contributed by atoms with van der Waals surface area (Å²) in [5, 5.41) is 13.2. The maximum Gasteiger partial charge on any atom is 0.166 e. The molecule has 0 fully saturated rings. The molecule has 0 bridgehead atoms. The Hall–Kier alpha value is -1.45. The van der Waals surface area contributed by atoms with E-state index in [0.29, 0.717) is 22.3 Å². The highest BCUT2D eigenvalue weighted by atomic mass is 35.5. The highest BCUT2D eigenvalue weighted by molar-refractivity contribution is 6.34. The topological polar surface area (TPSA) is 32.3 Å². The Kier molecular flexibility index (Phi) is 3.94. The Morgan fingerprint density at radius 1 is 1.06 bits per heavy atom. The van der Waals surface area contributed by atoms with Crippen LogP contribution in [-0.2, 0) is 6.54 Å². The van der Waals surface area contributed by atoms with Gasteiger partial charge in [0.15, 0.2) is 11.6 Å². The number of nitrogens with one attached hydrogen (secondary N) is 1. The Balaban J connectivity index is 2.08. The Morgan fingerprint density at radius 3 is 2.33 bits per heavy atom. The standard InChI is InChI=1S/C13H10Cl2FNO/c14-9-3-8(4-10(15)5-9)7-17-11-1-2-13(18)12(16)6-11/h1-6,17-18H,7H2. The molecule has 0 saturated heterocycles. The first kappa shape index (κ1) is 13.0. The summed E-state index contributed by atoms with van der Waals surface area (Å²) in [7, 11) is 0. The van der Waals surface area contributed by atoms with Crippen molar-refractivity contribution in [1.82, 2.24) is 0 Å². The van der Waals surface area contributed by atoms with Crippen LogP contribution in [0.5, 0.6) is 5.75 Å². The van der Waals surface area contributed by atoms with Gasteiger partial charge in [-0.3, -0.25) is 0 Å². The number of hydrogen-bond donors (Lipinski definition) is 2. The molecule has 0 aliphatic heterocycles. The van der Waals surface area contributed by atoms with Crippen molar-refractivity contribution in [2.75, 3.05) is 5.32 Å². The van der Waals surface area contributed by atoms with E-state index in [0.717, 1.165) is 5.56 Å². The molecule has 0 atom stereocenters. The average Bonchev–Trinajstić information content (AvgIpc) is 2.29. The van der Waals surface area contributed by atoms with Crippen molar-refractivity contribution < 1.29 is 9.50 Å². The van der Waals surface area contributed by atoms with Crippen LogP contribution >= 0.6 is 23.2 Å². The minimum absolute atomic E-state index is 0.369. The second-order valence-electron chi connectivity index (χ2n) is 3.80. The van der Waals surface area contributed by atoms with Crippen molar-refractivity contribution >= 4 is 28.9 Å². The third-order valence-corrected chi connectivity index (χ3v) is 2.80. The molecule has 2 nitrogen and oxygen atoms in total. The zero-order valence-corrected chi connectivity index (χ0v) is 10.8. The fraction of sp³-hybridized carbons (Fsp3) is 0.0769. The second-order valence-corrected chi connectivity index (χ2v) is 4.67. The molecule has 0 unspecified atom stereocenters. The lowest BCUT2D eigenvalue weighted by Crippen LogP contribution is -1.99. The number of anilines is 1. The normalized spacial score (nSPS) is 10.4. The van der Waals surface area contributed by atoms with Crippen LogP contribution in [0.1, 0.15) is 5.56 Å². The van der Waals surface area contributed by atoms with E-state index in [1.54, 1.807) is 24.3 Å². The third kappa shape index (κ3) is 3.28. The van der Waals surface area contributed by atoms with Crippen molar-refractivity contribution in [3.8, 4) is 5.75 Å². The zero-order valence-electron chi connectivity index (χ0n) is 9.25. The molecule has 0 saturated carbocycles. The molecule has 18 heavy (non-hydrogen) atoms. The molecule has 0 aromatic heterocycles. The Morgan fingerprint density at radius 2 is 1.72 bits per heavy atom.